The van der Waals surface area contributed by atoms with Crippen molar-refractivity contribution < 1.29 is 9.53 Å². The van der Waals surface area contributed by atoms with Crippen molar-refractivity contribution in [1.82, 2.24) is 10.2 Å². The Hall–Kier alpha value is -0.650. The van der Waals surface area contributed by atoms with E-state index < -0.39 is 5.91 Å². The molecule has 2 unspecified atom stereocenters. The van der Waals surface area contributed by atoms with Crippen molar-refractivity contribution in [3.8, 4) is 0 Å². The maximum absolute atomic E-state index is 10.5. The largest absolute Gasteiger partial charge is 0.370 e. The van der Waals surface area contributed by atoms with Crippen molar-refractivity contribution in [2.75, 3.05) is 39.9 Å². The number of nitrogens with one attached hydrogen (secondary N) is 1. The lowest BCUT2D eigenvalue weighted by atomic mass is 9.92. The molecule has 1 rings (SSSR count). The molecule has 100 valence electrons. The summed E-state index contributed by atoms with van der Waals surface area (Å²) >= 11 is 0. The molecular formula is C12H25N3O2. The predicted molar refractivity (Wildman–Crippen MR) is 67.7 cm³/mol. The van der Waals surface area contributed by atoms with Crippen LogP contribution in [0.3, 0.4) is 0 Å². The van der Waals surface area contributed by atoms with Gasteiger partial charge in [0.1, 0.15) is 6.61 Å². The fourth-order valence-corrected chi connectivity index (χ4v) is 2.31. The van der Waals surface area contributed by atoms with Crippen LogP contribution in [0.5, 0.6) is 0 Å². The Morgan fingerprint density at radius 1 is 1.65 bits per heavy atom. The van der Waals surface area contributed by atoms with Gasteiger partial charge in [0.2, 0.25) is 5.91 Å². The molecule has 1 aliphatic rings. The van der Waals surface area contributed by atoms with Gasteiger partial charge in [0.05, 0.1) is 6.61 Å². The van der Waals surface area contributed by atoms with Crippen LogP contribution in [0.25, 0.3) is 0 Å². The molecule has 1 heterocycles. The Morgan fingerprint density at radius 3 is 3.06 bits per heavy atom. The van der Waals surface area contributed by atoms with Crippen molar-refractivity contribution in [3.05, 3.63) is 0 Å². The number of ether oxygens (including phenoxy) is 1. The Morgan fingerprint density at radius 2 is 2.41 bits per heavy atom. The lowest BCUT2D eigenvalue weighted by Gasteiger charge is -2.34. The summed E-state index contributed by atoms with van der Waals surface area (Å²) in [4.78, 5) is 12.8. The molecule has 0 radical (unpaired) electrons. The number of hydrogen-bond donors (Lipinski definition) is 2. The zero-order valence-electron chi connectivity index (χ0n) is 10.9. The number of carbonyl (C=O) groups excluding carboxylic acids is 1. The van der Waals surface area contributed by atoms with Crippen molar-refractivity contribution in [2.45, 2.75) is 25.8 Å². The first-order valence-electron chi connectivity index (χ1n) is 6.37. The van der Waals surface area contributed by atoms with Crippen molar-refractivity contribution in [1.29, 1.82) is 0 Å². The second-order valence-electron chi connectivity index (χ2n) is 4.93. The van der Waals surface area contributed by atoms with Gasteiger partial charge in [-0.2, -0.15) is 0 Å². The number of nitrogens with zero attached hydrogens (tertiary/aromatic N) is 1. The molecule has 3 N–H and O–H groups in total. The van der Waals surface area contributed by atoms with Gasteiger partial charge in [0.25, 0.3) is 0 Å². The van der Waals surface area contributed by atoms with E-state index in [0.29, 0.717) is 18.6 Å². The second-order valence-corrected chi connectivity index (χ2v) is 4.93. The third kappa shape index (κ3) is 6.00. The zero-order valence-corrected chi connectivity index (χ0v) is 10.9. The third-order valence-corrected chi connectivity index (χ3v) is 3.33. The predicted octanol–water partition coefficient (Wildman–Crippen LogP) is -0.192. The molecule has 0 bridgehead atoms. The van der Waals surface area contributed by atoms with Gasteiger partial charge in [-0.3, -0.25) is 4.79 Å². The van der Waals surface area contributed by atoms with E-state index in [1.54, 1.807) is 0 Å². The van der Waals surface area contributed by atoms with Crippen molar-refractivity contribution in [2.24, 2.45) is 11.7 Å². The van der Waals surface area contributed by atoms with E-state index >= 15 is 0 Å². The fraction of sp³-hybridized carbons (Fsp3) is 0.917. The highest BCUT2D eigenvalue weighted by molar-refractivity contribution is 5.74. The van der Waals surface area contributed by atoms with E-state index in [1.165, 1.54) is 19.4 Å². The van der Waals surface area contributed by atoms with E-state index in [4.69, 9.17) is 10.5 Å². The molecule has 0 aromatic carbocycles. The van der Waals surface area contributed by atoms with Crippen LogP contribution in [0, 0.1) is 5.92 Å². The SMILES string of the molecule is CC(NCCOCC(N)=O)C1CCCN(C)C1. The summed E-state index contributed by atoms with van der Waals surface area (Å²) in [6, 6.07) is 0.495. The normalized spacial score (nSPS) is 23.5. The summed E-state index contributed by atoms with van der Waals surface area (Å²) in [6.07, 6.45) is 2.58. The molecule has 1 aliphatic heterocycles. The average molecular weight is 243 g/mol. The molecule has 5 heteroatoms. The highest BCUT2D eigenvalue weighted by Crippen LogP contribution is 2.18. The van der Waals surface area contributed by atoms with Crippen LogP contribution in [0.2, 0.25) is 0 Å². The summed E-state index contributed by atoms with van der Waals surface area (Å²) in [5.41, 5.74) is 4.98. The van der Waals surface area contributed by atoms with Crippen LogP contribution in [0.1, 0.15) is 19.8 Å². The number of carbonyl (C=O) groups is 1. The molecule has 1 amide bonds. The van der Waals surface area contributed by atoms with Crippen molar-refractivity contribution >= 4 is 5.91 Å². The molecule has 17 heavy (non-hydrogen) atoms. The number of primary amides is 1. The first-order valence-corrected chi connectivity index (χ1v) is 6.37. The van der Waals surface area contributed by atoms with Crippen LogP contribution in [-0.4, -0.2) is 56.7 Å². The van der Waals surface area contributed by atoms with Gasteiger partial charge in [-0.15, -0.1) is 0 Å². The van der Waals surface area contributed by atoms with Crippen LogP contribution in [0.4, 0.5) is 0 Å². The summed E-state index contributed by atoms with van der Waals surface area (Å²) in [7, 11) is 2.18. The summed E-state index contributed by atoms with van der Waals surface area (Å²) in [6.45, 7) is 5.92. The van der Waals surface area contributed by atoms with Crippen LogP contribution in [-0.2, 0) is 9.53 Å². The molecule has 0 aliphatic carbocycles. The molecule has 1 fully saturated rings. The standard InChI is InChI=1S/C12H25N3O2/c1-10(11-4-3-6-15(2)8-11)14-5-7-17-9-12(13)16/h10-11,14H,3-9H2,1-2H3,(H2,13,16). The Labute approximate surface area is 104 Å². The quantitative estimate of drug-likeness (QED) is 0.608. The first kappa shape index (κ1) is 14.4. The lowest BCUT2D eigenvalue weighted by molar-refractivity contribution is -0.122. The van der Waals surface area contributed by atoms with Gasteiger partial charge in [0, 0.05) is 19.1 Å². The van der Waals surface area contributed by atoms with Gasteiger partial charge >= 0.3 is 0 Å². The number of rotatable bonds is 7. The van der Waals surface area contributed by atoms with Crippen LogP contribution in [0.15, 0.2) is 0 Å². The Balaban J connectivity index is 2.07. The third-order valence-electron chi connectivity index (χ3n) is 3.33. The molecule has 0 spiro atoms. The first-order chi connectivity index (χ1) is 8.09. The molecular weight excluding hydrogens is 218 g/mol. The number of nitrogens with two attached hydrogens (primary N) is 1. The monoisotopic (exact) mass is 243 g/mol. The van der Waals surface area contributed by atoms with E-state index in [-0.39, 0.29) is 6.61 Å². The van der Waals surface area contributed by atoms with E-state index in [1.807, 2.05) is 0 Å². The Bertz CT molecular complexity index is 236. The molecule has 2 atom stereocenters. The number of likely N-dealkylation sites (tertiary alicyclic amines) is 1. The van der Waals surface area contributed by atoms with Gasteiger partial charge in [-0.25, -0.2) is 0 Å². The number of hydrogen-bond acceptors (Lipinski definition) is 4. The van der Waals surface area contributed by atoms with E-state index in [2.05, 4.69) is 24.2 Å². The fourth-order valence-electron chi connectivity index (χ4n) is 2.31. The number of piperidine rings is 1. The molecule has 0 aromatic heterocycles. The zero-order chi connectivity index (χ0) is 12.7. The topological polar surface area (TPSA) is 67.6 Å². The average Bonchev–Trinajstić information content (AvgIpc) is 2.28. The van der Waals surface area contributed by atoms with Gasteiger partial charge in [-0.05, 0) is 39.3 Å². The van der Waals surface area contributed by atoms with Gasteiger partial charge in [0.15, 0.2) is 0 Å². The molecule has 5 nitrogen and oxygen atoms in total. The van der Waals surface area contributed by atoms with Crippen LogP contribution < -0.4 is 11.1 Å². The lowest BCUT2D eigenvalue weighted by Crippen LogP contribution is -2.44. The molecule has 0 aromatic rings. The summed E-state index contributed by atoms with van der Waals surface area (Å²) < 4.78 is 5.11. The van der Waals surface area contributed by atoms with E-state index in [9.17, 15) is 4.79 Å². The minimum atomic E-state index is -0.410. The maximum atomic E-state index is 10.5. The van der Waals surface area contributed by atoms with Gasteiger partial charge < -0.3 is 20.7 Å². The minimum Gasteiger partial charge on any atom is -0.370 e. The smallest absolute Gasteiger partial charge is 0.243 e. The molecule has 1 saturated heterocycles. The van der Waals surface area contributed by atoms with Gasteiger partial charge in [-0.1, -0.05) is 0 Å². The van der Waals surface area contributed by atoms with Crippen LogP contribution >= 0.6 is 0 Å². The van der Waals surface area contributed by atoms with Crippen molar-refractivity contribution in [3.63, 3.8) is 0 Å². The highest BCUT2D eigenvalue weighted by Gasteiger charge is 2.21. The maximum Gasteiger partial charge on any atom is 0.243 e. The summed E-state index contributed by atoms with van der Waals surface area (Å²) in [5.74, 6) is 0.303. The number of amides is 1. The Kier molecular flexibility index (Phi) is 6.47. The molecule has 0 saturated carbocycles. The highest BCUT2D eigenvalue weighted by atomic mass is 16.5. The van der Waals surface area contributed by atoms with E-state index in [0.717, 1.165) is 13.1 Å². The minimum absolute atomic E-state index is 0.0161. The summed E-state index contributed by atoms with van der Waals surface area (Å²) in [5, 5.41) is 3.44. The second kappa shape index (κ2) is 7.63.